The van der Waals surface area contributed by atoms with Crippen molar-refractivity contribution in [3.05, 3.63) is 60.3 Å². The van der Waals surface area contributed by atoms with E-state index in [0.29, 0.717) is 55.0 Å². The fourth-order valence-corrected chi connectivity index (χ4v) is 10.9. The number of nitrogens with zero attached hydrogens (tertiary/aromatic N) is 3. The number of benzene rings is 1. The largest absolute Gasteiger partial charge is 0.491 e. The summed E-state index contributed by atoms with van der Waals surface area (Å²) in [5, 5.41) is 0. The maximum atomic E-state index is 15.1. The lowest BCUT2D eigenvalue weighted by Gasteiger charge is -2.33. The first-order valence-corrected chi connectivity index (χ1v) is 25.0. The fourth-order valence-electron chi connectivity index (χ4n) is 9.01. The van der Waals surface area contributed by atoms with Gasteiger partial charge < -0.3 is 19.1 Å². The molecule has 7 atom stereocenters. The number of hydrogen-bond acceptors (Lipinski definition) is 12. The van der Waals surface area contributed by atoms with Crippen molar-refractivity contribution in [2.45, 2.75) is 141 Å². The molecule has 3 fully saturated rings. The number of allylic oxidation sites excluding steroid dienone is 2. The van der Waals surface area contributed by atoms with Gasteiger partial charge in [-0.05, 0) is 115 Å². The fraction of sp³-hybridized carbons (Fsp3) is 0.583. The van der Waals surface area contributed by atoms with E-state index in [1.165, 1.54) is 16.2 Å². The molecular weight excluding hydrogens is 898 g/mol. The molecule has 1 aromatic carbocycles. The minimum atomic E-state index is -4.88. The molecule has 4 heterocycles. The van der Waals surface area contributed by atoms with Gasteiger partial charge in [-0.25, -0.2) is 13.4 Å². The molecule has 2 aliphatic heterocycles. The normalized spacial score (nSPS) is 27.5. The van der Waals surface area contributed by atoms with E-state index >= 15 is 4.79 Å². The standard InChI is InChI=1S/C48H59F3N4O9S2/c1-28(2)62-33-14-12-31(13-15-33)37-19-34(20-38(53-37)41-25-52-27-65-41)63-35-21-39-40(56)24-47(44(59)54-66(60,61)46(7)16-17-46)23-32(47)11-9-8-10-29(3)18-30(4)36(43(58)55(39)26-35)22-42(57)64-45(5,6)48(49,50)51/h9,11-15,19-20,25,27-30,32,35-36,39H,8,10,16-18,21-24,26H2,1-7H3,(H,54,59)/b11-9-/t29-,30-,32-,35-,36+,39+,47-/m1/s1. The molecule has 2 aromatic heterocycles. The number of pyridine rings is 1. The lowest BCUT2D eigenvalue weighted by molar-refractivity contribution is -0.257. The van der Waals surface area contributed by atoms with E-state index < -0.39 is 91.8 Å². The van der Waals surface area contributed by atoms with Crippen molar-refractivity contribution in [3.8, 4) is 33.3 Å². The van der Waals surface area contributed by atoms with Crippen LogP contribution < -0.4 is 14.2 Å². The summed E-state index contributed by atoms with van der Waals surface area (Å²) in [6.45, 7) is 10.5. The van der Waals surface area contributed by atoms with Crippen LogP contribution in [0.2, 0.25) is 0 Å². The Hall–Kier alpha value is -4.84. The molecule has 4 aliphatic rings. The quantitative estimate of drug-likeness (QED) is 0.136. The van der Waals surface area contributed by atoms with E-state index in [9.17, 15) is 36.0 Å². The van der Waals surface area contributed by atoms with Gasteiger partial charge >= 0.3 is 12.1 Å². The van der Waals surface area contributed by atoms with Crippen LogP contribution in [0.4, 0.5) is 13.2 Å². The summed E-state index contributed by atoms with van der Waals surface area (Å²) >= 11 is 1.38. The maximum Gasteiger partial charge on any atom is 0.427 e. The van der Waals surface area contributed by atoms with Crippen LogP contribution in [0.5, 0.6) is 11.5 Å². The molecular formula is C48H59F3N4O9S2. The third-order valence-corrected chi connectivity index (χ3v) is 16.5. The Labute approximate surface area is 388 Å². The van der Waals surface area contributed by atoms with E-state index in [1.54, 1.807) is 37.7 Å². The topological polar surface area (TPSA) is 171 Å². The highest BCUT2D eigenvalue weighted by atomic mass is 32.2. The van der Waals surface area contributed by atoms with E-state index in [0.717, 1.165) is 24.3 Å². The summed E-state index contributed by atoms with van der Waals surface area (Å²) in [7, 11) is -4.05. The minimum absolute atomic E-state index is 0.00375. The number of ketones is 1. The molecule has 0 unspecified atom stereocenters. The number of rotatable bonds is 12. The number of Topliss-reactive ketones (excluding diaryl/α,β-unsaturated/α-hetero) is 1. The average Bonchev–Trinajstić information content (AvgIpc) is 3.98. The number of thiazole rings is 1. The molecule has 7 rings (SSSR count). The van der Waals surface area contributed by atoms with Crippen LogP contribution in [0.25, 0.3) is 21.8 Å². The zero-order valence-corrected chi connectivity index (χ0v) is 40.0. The molecule has 1 N–H and O–H groups in total. The highest BCUT2D eigenvalue weighted by molar-refractivity contribution is 7.91. The highest BCUT2D eigenvalue weighted by Crippen LogP contribution is 2.58. The molecule has 66 heavy (non-hydrogen) atoms. The molecule has 0 radical (unpaired) electrons. The zero-order valence-electron chi connectivity index (χ0n) is 38.4. The summed E-state index contributed by atoms with van der Waals surface area (Å²) in [4.78, 5) is 68.7. The lowest BCUT2D eigenvalue weighted by Crippen LogP contribution is -2.48. The smallest absolute Gasteiger partial charge is 0.427 e. The number of nitrogens with one attached hydrogen (secondary N) is 1. The maximum absolute atomic E-state index is 15.1. The second-order valence-corrected chi connectivity index (χ2v) is 22.8. The number of fused-ring (bicyclic) bond motifs is 2. The minimum Gasteiger partial charge on any atom is -0.491 e. The van der Waals surface area contributed by atoms with Crippen molar-refractivity contribution in [1.29, 1.82) is 0 Å². The summed E-state index contributed by atoms with van der Waals surface area (Å²) in [6.07, 6.45) is 1.34. The summed E-state index contributed by atoms with van der Waals surface area (Å²) in [5.74, 6) is -4.21. The van der Waals surface area contributed by atoms with Crippen molar-refractivity contribution < 1.29 is 55.0 Å². The molecule has 0 spiro atoms. The van der Waals surface area contributed by atoms with Crippen LogP contribution in [-0.2, 0) is 33.9 Å². The summed E-state index contributed by atoms with van der Waals surface area (Å²) < 4.78 is 87.1. The number of hydrogen-bond donors (Lipinski definition) is 1. The highest BCUT2D eigenvalue weighted by Gasteiger charge is 2.63. The van der Waals surface area contributed by atoms with Crippen molar-refractivity contribution in [3.63, 3.8) is 0 Å². The Kier molecular flexibility index (Phi) is 13.9. The van der Waals surface area contributed by atoms with Gasteiger partial charge in [-0.15, -0.1) is 11.3 Å². The van der Waals surface area contributed by atoms with Gasteiger partial charge in [0.25, 0.3) is 0 Å². The predicted molar refractivity (Wildman–Crippen MR) is 242 cm³/mol. The van der Waals surface area contributed by atoms with E-state index in [4.69, 9.17) is 19.2 Å². The molecule has 2 amide bonds. The number of carbonyl (C=O) groups is 4. The molecule has 2 aliphatic carbocycles. The van der Waals surface area contributed by atoms with E-state index in [1.807, 2.05) is 57.2 Å². The molecule has 3 aromatic rings. The van der Waals surface area contributed by atoms with Crippen LogP contribution in [0, 0.1) is 29.1 Å². The van der Waals surface area contributed by atoms with Gasteiger partial charge in [0.05, 0.1) is 63.0 Å². The number of amides is 2. The summed E-state index contributed by atoms with van der Waals surface area (Å²) in [6, 6.07) is 9.70. The first-order valence-electron chi connectivity index (χ1n) is 22.6. The Balaban J connectivity index is 1.24. The number of alkyl halides is 3. The van der Waals surface area contributed by atoms with Crippen LogP contribution >= 0.6 is 11.3 Å². The first kappa shape index (κ1) is 49.1. The number of halogens is 3. The Bertz CT molecular complexity index is 2440. The van der Waals surface area contributed by atoms with Gasteiger partial charge in [-0.1, -0.05) is 26.0 Å². The van der Waals surface area contributed by atoms with Gasteiger partial charge in [0, 0.05) is 36.7 Å². The van der Waals surface area contributed by atoms with E-state index in [-0.39, 0.29) is 37.8 Å². The Morgan fingerprint density at radius 1 is 1.03 bits per heavy atom. The number of carbonyl (C=O) groups excluding carboxylic acids is 4. The predicted octanol–water partition coefficient (Wildman–Crippen LogP) is 8.87. The van der Waals surface area contributed by atoms with Gasteiger partial charge in [0.1, 0.15) is 17.6 Å². The number of sulfonamides is 1. The third kappa shape index (κ3) is 10.8. The van der Waals surface area contributed by atoms with Crippen molar-refractivity contribution in [2.24, 2.45) is 29.1 Å². The Morgan fingerprint density at radius 2 is 1.73 bits per heavy atom. The molecule has 2 saturated carbocycles. The number of esters is 1. The molecule has 1 saturated heterocycles. The molecule has 358 valence electrons. The van der Waals surface area contributed by atoms with E-state index in [2.05, 4.69) is 9.71 Å². The molecule has 0 bridgehead atoms. The second kappa shape index (κ2) is 18.7. The molecule has 13 nitrogen and oxygen atoms in total. The first-order chi connectivity index (χ1) is 30.9. The number of aromatic nitrogens is 2. The van der Waals surface area contributed by atoms with Crippen molar-refractivity contribution in [2.75, 3.05) is 6.54 Å². The van der Waals surface area contributed by atoms with Gasteiger partial charge in [-0.2, -0.15) is 13.2 Å². The monoisotopic (exact) mass is 956 g/mol. The third-order valence-electron chi connectivity index (χ3n) is 13.5. The zero-order chi connectivity index (χ0) is 48.0. The van der Waals surface area contributed by atoms with Crippen molar-refractivity contribution >= 4 is 44.9 Å². The van der Waals surface area contributed by atoms with Gasteiger partial charge in [-0.3, -0.25) is 28.9 Å². The second-order valence-electron chi connectivity index (χ2n) is 19.7. The van der Waals surface area contributed by atoms with Crippen LogP contribution in [0.1, 0.15) is 106 Å². The van der Waals surface area contributed by atoms with Crippen LogP contribution in [-0.4, -0.2) is 88.2 Å². The Morgan fingerprint density at radius 3 is 2.36 bits per heavy atom. The lowest BCUT2D eigenvalue weighted by atomic mass is 9.82. The van der Waals surface area contributed by atoms with Gasteiger partial charge in [0.2, 0.25) is 27.4 Å². The van der Waals surface area contributed by atoms with Crippen LogP contribution in [0.3, 0.4) is 0 Å². The number of ether oxygens (including phenoxy) is 3. The SMILES string of the molecule is CC(C)Oc1ccc(-c2cc(O[C@@H]3C[C@H]4C(=O)C[C@]5(C(=O)NS(=O)(=O)C6(C)CC6)C[C@H]5/C=C\CC[C@@H](C)C[C@@H](C)[C@H](CC(=O)OC(C)(C)C(F)(F)F)C(=O)N4C3)cc(-c3cncs3)n2)cc1. The summed E-state index contributed by atoms with van der Waals surface area (Å²) in [5.41, 5.74) is -0.670. The average molecular weight is 957 g/mol. The van der Waals surface area contributed by atoms with Crippen molar-refractivity contribution in [1.82, 2.24) is 19.6 Å². The molecule has 18 heteroatoms. The van der Waals surface area contributed by atoms with Crippen LogP contribution in [0.15, 0.2) is 60.3 Å². The van der Waals surface area contributed by atoms with Gasteiger partial charge in [0.15, 0.2) is 5.78 Å².